The molecule has 1 aromatic carbocycles. The maximum absolute atomic E-state index is 11.7. The van der Waals surface area contributed by atoms with E-state index in [1.54, 1.807) is 0 Å². The quantitative estimate of drug-likeness (QED) is 0.682. The molecule has 0 saturated carbocycles. The van der Waals surface area contributed by atoms with Gasteiger partial charge in [-0.05, 0) is 18.9 Å². The summed E-state index contributed by atoms with van der Waals surface area (Å²) in [4.78, 5) is 23.4. The van der Waals surface area contributed by atoms with Gasteiger partial charge in [-0.15, -0.1) is 0 Å². The van der Waals surface area contributed by atoms with E-state index in [9.17, 15) is 9.59 Å². The molecule has 0 spiro atoms. The Kier molecular flexibility index (Phi) is 8.47. The normalized spacial score (nSPS) is 12.5. The lowest BCUT2D eigenvalue weighted by molar-refractivity contribution is -0.128. The van der Waals surface area contributed by atoms with Crippen LogP contribution in [0, 0.1) is 5.41 Å². The minimum Gasteiger partial charge on any atom is -0.374 e. The van der Waals surface area contributed by atoms with Crippen LogP contribution >= 0.6 is 0 Å². The van der Waals surface area contributed by atoms with E-state index in [2.05, 4.69) is 10.6 Å². The van der Waals surface area contributed by atoms with Crippen molar-refractivity contribution >= 4 is 11.8 Å². The van der Waals surface area contributed by atoms with Crippen LogP contribution in [-0.2, 0) is 14.3 Å². The van der Waals surface area contributed by atoms with Gasteiger partial charge < -0.3 is 15.4 Å². The van der Waals surface area contributed by atoms with Gasteiger partial charge in [0.1, 0.15) is 0 Å². The minimum absolute atomic E-state index is 0.0430. The Morgan fingerprint density at radius 1 is 1.08 bits per heavy atom. The number of hydrogen-bond donors (Lipinski definition) is 2. The van der Waals surface area contributed by atoms with Gasteiger partial charge >= 0.3 is 0 Å². The van der Waals surface area contributed by atoms with E-state index >= 15 is 0 Å². The highest BCUT2D eigenvalue weighted by atomic mass is 16.5. The molecule has 0 aromatic heterocycles. The van der Waals surface area contributed by atoms with Crippen molar-refractivity contribution in [2.24, 2.45) is 5.41 Å². The van der Waals surface area contributed by atoms with Crippen molar-refractivity contribution in [3.8, 4) is 0 Å². The zero-order valence-electron chi connectivity index (χ0n) is 15.2. The molecule has 0 saturated heterocycles. The largest absolute Gasteiger partial charge is 0.374 e. The maximum atomic E-state index is 11.7. The minimum atomic E-state index is -0.427. The molecule has 1 aromatic rings. The second kappa shape index (κ2) is 10.1. The summed E-state index contributed by atoms with van der Waals surface area (Å²) in [6.45, 7) is 9.09. The van der Waals surface area contributed by atoms with Crippen molar-refractivity contribution in [2.45, 2.75) is 46.6 Å². The molecule has 1 unspecified atom stereocenters. The summed E-state index contributed by atoms with van der Waals surface area (Å²) in [5, 5.41) is 5.60. The molecule has 134 valence electrons. The number of carbonyl (C=O) groups excluding carboxylic acids is 2. The van der Waals surface area contributed by atoms with Crippen LogP contribution in [0.3, 0.4) is 0 Å². The molecule has 2 amide bonds. The lowest BCUT2D eigenvalue weighted by Gasteiger charge is -2.17. The molecule has 1 atom stereocenters. The number of ether oxygens (including phenoxy) is 1. The molecule has 0 aliphatic heterocycles. The summed E-state index contributed by atoms with van der Waals surface area (Å²) >= 11 is 0. The van der Waals surface area contributed by atoms with Crippen LogP contribution in [0.5, 0.6) is 0 Å². The van der Waals surface area contributed by atoms with Gasteiger partial charge in [0.15, 0.2) is 0 Å². The molecule has 1 rings (SSSR count). The van der Waals surface area contributed by atoms with Crippen LogP contribution in [0.4, 0.5) is 0 Å². The van der Waals surface area contributed by atoms with Crippen LogP contribution in [-0.4, -0.2) is 31.5 Å². The maximum Gasteiger partial charge on any atom is 0.225 e. The molecule has 24 heavy (non-hydrogen) atoms. The first-order valence-corrected chi connectivity index (χ1v) is 8.52. The van der Waals surface area contributed by atoms with Gasteiger partial charge in [-0.25, -0.2) is 0 Å². The van der Waals surface area contributed by atoms with Gasteiger partial charge in [0.05, 0.1) is 6.10 Å². The number of benzene rings is 1. The summed E-state index contributed by atoms with van der Waals surface area (Å²) in [7, 11) is 0. The smallest absolute Gasteiger partial charge is 0.225 e. The van der Waals surface area contributed by atoms with Crippen LogP contribution in [0.1, 0.15) is 52.2 Å². The average Bonchev–Trinajstić information content (AvgIpc) is 2.54. The molecule has 2 N–H and O–H groups in total. The fraction of sp³-hybridized carbons (Fsp3) is 0.579. The first kappa shape index (κ1) is 20.2. The first-order chi connectivity index (χ1) is 11.3. The molecule has 0 aliphatic rings. The third-order valence-electron chi connectivity index (χ3n) is 3.60. The summed E-state index contributed by atoms with van der Waals surface area (Å²) in [5.41, 5.74) is 0.722. The highest BCUT2D eigenvalue weighted by Crippen LogP contribution is 2.15. The monoisotopic (exact) mass is 334 g/mol. The van der Waals surface area contributed by atoms with Gasteiger partial charge in [-0.2, -0.15) is 0 Å². The summed E-state index contributed by atoms with van der Waals surface area (Å²) in [5.74, 6) is -0.0982. The van der Waals surface area contributed by atoms with Crippen molar-refractivity contribution in [3.05, 3.63) is 35.9 Å². The lowest BCUT2D eigenvalue weighted by atomic mass is 9.96. The standard InChI is InChI=1S/C19H30N2O3/c1-15(16-9-6-5-7-10-16)24-14-8-12-20-17(22)11-13-21-18(23)19(2,3)4/h5-7,9-10,15H,8,11-14H2,1-4H3,(H,20,22)(H,21,23). The van der Waals surface area contributed by atoms with Crippen molar-refractivity contribution in [1.29, 1.82) is 0 Å². The highest BCUT2D eigenvalue weighted by Gasteiger charge is 2.20. The second-order valence-electron chi connectivity index (χ2n) is 6.88. The molecule has 0 radical (unpaired) electrons. The van der Waals surface area contributed by atoms with Crippen molar-refractivity contribution < 1.29 is 14.3 Å². The van der Waals surface area contributed by atoms with E-state index in [0.29, 0.717) is 26.1 Å². The number of nitrogens with one attached hydrogen (secondary N) is 2. The Morgan fingerprint density at radius 3 is 2.38 bits per heavy atom. The van der Waals surface area contributed by atoms with Gasteiger partial charge in [-0.1, -0.05) is 51.1 Å². The van der Waals surface area contributed by atoms with E-state index in [1.807, 2.05) is 58.0 Å². The van der Waals surface area contributed by atoms with Crippen LogP contribution in [0.25, 0.3) is 0 Å². The van der Waals surface area contributed by atoms with Gasteiger partial charge in [0.2, 0.25) is 11.8 Å². The Hall–Kier alpha value is -1.88. The van der Waals surface area contributed by atoms with E-state index < -0.39 is 5.41 Å². The van der Waals surface area contributed by atoms with Gasteiger partial charge in [0.25, 0.3) is 0 Å². The predicted octanol–water partition coefficient (Wildman–Crippen LogP) is 2.82. The molecule has 0 aliphatic carbocycles. The number of rotatable bonds is 9. The van der Waals surface area contributed by atoms with E-state index in [4.69, 9.17) is 4.74 Å². The predicted molar refractivity (Wildman–Crippen MR) is 95.5 cm³/mol. The van der Waals surface area contributed by atoms with Crippen LogP contribution < -0.4 is 10.6 Å². The lowest BCUT2D eigenvalue weighted by Crippen LogP contribution is -2.37. The van der Waals surface area contributed by atoms with Crippen molar-refractivity contribution in [2.75, 3.05) is 19.7 Å². The molecular weight excluding hydrogens is 304 g/mol. The Morgan fingerprint density at radius 2 is 1.75 bits per heavy atom. The third kappa shape index (κ3) is 8.11. The van der Waals surface area contributed by atoms with Crippen molar-refractivity contribution in [1.82, 2.24) is 10.6 Å². The molecule has 0 bridgehead atoms. The zero-order valence-corrected chi connectivity index (χ0v) is 15.2. The SMILES string of the molecule is CC(OCCCNC(=O)CCNC(=O)C(C)(C)C)c1ccccc1. The Labute approximate surface area is 145 Å². The fourth-order valence-corrected chi connectivity index (χ4v) is 2.02. The van der Waals surface area contributed by atoms with E-state index in [0.717, 1.165) is 12.0 Å². The molecule has 5 heteroatoms. The topological polar surface area (TPSA) is 67.4 Å². The second-order valence-corrected chi connectivity index (χ2v) is 6.88. The van der Waals surface area contributed by atoms with Gasteiger partial charge in [0, 0.05) is 31.5 Å². The molecular formula is C19H30N2O3. The molecule has 0 fully saturated rings. The van der Waals surface area contributed by atoms with Gasteiger partial charge in [-0.3, -0.25) is 9.59 Å². The number of carbonyl (C=O) groups is 2. The van der Waals surface area contributed by atoms with Crippen LogP contribution in [0.2, 0.25) is 0 Å². The number of amides is 2. The molecule has 5 nitrogen and oxygen atoms in total. The fourth-order valence-electron chi connectivity index (χ4n) is 2.02. The summed E-state index contributed by atoms with van der Waals surface area (Å²) in [6.07, 6.45) is 1.11. The molecule has 0 heterocycles. The zero-order chi connectivity index (χ0) is 18.0. The van der Waals surface area contributed by atoms with E-state index in [1.165, 1.54) is 0 Å². The number of hydrogen-bond acceptors (Lipinski definition) is 3. The highest BCUT2D eigenvalue weighted by molar-refractivity contribution is 5.82. The average molecular weight is 334 g/mol. The Balaban J connectivity index is 2.06. The summed E-state index contributed by atoms with van der Waals surface area (Å²) < 4.78 is 5.75. The summed E-state index contributed by atoms with van der Waals surface area (Å²) in [6, 6.07) is 10.0. The Bertz CT molecular complexity index is 509. The van der Waals surface area contributed by atoms with Crippen LogP contribution in [0.15, 0.2) is 30.3 Å². The van der Waals surface area contributed by atoms with Crippen molar-refractivity contribution in [3.63, 3.8) is 0 Å². The van der Waals surface area contributed by atoms with E-state index in [-0.39, 0.29) is 17.9 Å². The third-order valence-corrected chi connectivity index (χ3v) is 3.60. The first-order valence-electron chi connectivity index (χ1n) is 8.52.